The lowest BCUT2D eigenvalue weighted by Crippen LogP contribution is -2.13. The summed E-state index contributed by atoms with van der Waals surface area (Å²) in [5.41, 5.74) is -1.20. The molecule has 140 valence electrons. The first-order chi connectivity index (χ1) is 11.8. The summed E-state index contributed by atoms with van der Waals surface area (Å²) < 4.78 is 60.1. The largest absolute Gasteiger partial charge is 0.458 e. The standard InChI is InChI=1S/C16H13F4N3O2.ClH/c1-23-13-12(22-15(23)16(18,19)20)9(17)4-8-10(24)5-11(25-14(8)13)7-2-3-21-6-7;/h4-5,7,21H,2-3,6H2,1H3;1H. The van der Waals surface area contributed by atoms with Gasteiger partial charge < -0.3 is 14.3 Å². The quantitative estimate of drug-likeness (QED) is 0.646. The number of halogens is 5. The summed E-state index contributed by atoms with van der Waals surface area (Å²) in [6.45, 7) is 1.37. The minimum atomic E-state index is -4.75. The zero-order valence-corrected chi connectivity index (χ0v) is 14.3. The Morgan fingerprint density at radius 3 is 2.69 bits per heavy atom. The summed E-state index contributed by atoms with van der Waals surface area (Å²) >= 11 is 0. The topological polar surface area (TPSA) is 60.1 Å². The van der Waals surface area contributed by atoms with Gasteiger partial charge in [-0.3, -0.25) is 4.79 Å². The van der Waals surface area contributed by atoms with Gasteiger partial charge in [0.15, 0.2) is 16.8 Å². The molecule has 1 fully saturated rings. The molecule has 5 nitrogen and oxygen atoms in total. The van der Waals surface area contributed by atoms with Crippen LogP contribution in [0, 0.1) is 5.82 Å². The summed E-state index contributed by atoms with van der Waals surface area (Å²) in [6, 6.07) is 2.17. The molecule has 1 aliphatic rings. The van der Waals surface area contributed by atoms with E-state index in [1.165, 1.54) is 6.07 Å². The van der Waals surface area contributed by atoms with Crippen molar-refractivity contribution >= 4 is 34.4 Å². The van der Waals surface area contributed by atoms with Gasteiger partial charge in [0.05, 0.1) is 5.39 Å². The first kappa shape index (κ1) is 18.7. The van der Waals surface area contributed by atoms with Gasteiger partial charge in [-0.25, -0.2) is 9.37 Å². The third-order valence-corrected chi connectivity index (χ3v) is 4.53. The molecule has 1 unspecified atom stereocenters. The van der Waals surface area contributed by atoms with Gasteiger partial charge in [-0.1, -0.05) is 0 Å². The van der Waals surface area contributed by atoms with E-state index in [0.29, 0.717) is 12.3 Å². The monoisotopic (exact) mass is 391 g/mol. The molecule has 0 bridgehead atoms. The number of aromatic nitrogens is 2. The van der Waals surface area contributed by atoms with Gasteiger partial charge >= 0.3 is 6.18 Å². The van der Waals surface area contributed by atoms with E-state index in [4.69, 9.17) is 4.42 Å². The number of fused-ring (bicyclic) bond motifs is 3. The molecule has 3 heterocycles. The van der Waals surface area contributed by atoms with Gasteiger partial charge in [-0.2, -0.15) is 13.2 Å². The average molecular weight is 392 g/mol. The van der Waals surface area contributed by atoms with Crippen molar-refractivity contribution in [3.8, 4) is 0 Å². The number of hydrogen-bond donors (Lipinski definition) is 1. The molecule has 26 heavy (non-hydrogen) atoms. The molecule has 3 aromatic rings. The number of aryl methyl sites for hydroxylation is 1. The Morgan fingerprint density at radius 2 is 2.08 bits per heavy atom. The first-order valence-corrected chi connectivity index (χ1v) is 7.68. The Kier molecular flexibility index (Phi) is 4.48. The highest BCUT2D eigenvalue weighted by Gasteiger charge is 2.38. The van der Waals surface area contributed by atoms with Crippen molar-refractivity contribution in [2.75, 3.05) is 13.1 Å². The molecular weight excluding hydrogens is 378 g/mol. The highest BCUT2D eigenvalue weighted by molar-refractivity contribution is 6.01. The lowest BCUT2D eigenvalue weighted by Gasteiger charge is -2.10. The van der Waals surface area contributed by atoms with Gasteiger partial charge in [0.25, 0.3) is 0 Å². The molecule has 2 aromatic heterocycles. The minimum absolute atomic E-state index is 0. The number of imidazole rings is 1. The van der Waals surface area contributed by atoms with Crippen molar-refractivity contribution in [2.45, 2.75) is 18.5 Å². The fourth-order valence-electron chi connectivity index (χ4n) is 3.31. The molecule has 0 aliphatic carbocycles. The second-order valence-electron chi connectivity index (χ2n) is 6.13. The van der Waals surface area contributed by atoms with Crippen molar-refractivity contribution in [2.24, 2.45) is 7.05 Å². The normalized spacial score (nSPS) is 17.8. The van der Waals surface area contributed by atoms with Crippen LogP contribution in [-0.4, -0.2) is 22.6 Å². The van der Waals surface area contributed by atoms with Gasteiger partial charge in [0, 0.05) is 25.6 Å². The van der Waals surface area contributed by atoms with E-state index in [1.54, 1.807) is 0 Å². The van der Waals surface area contributed by atoms with Crippen LogP contribution in [0.15, 0.2) is 21.3 Å². The molecule has 1 aliphatic heterocycles. The smallest absolute Gasteiger partial charge is 0.449 e. The molecule has 1 atom stereocenters. The minimum Gasteiger partial charge on any atom is -0.458 e. The van der Waals surface area contributed by atoms with E-state index in [0.717, 1.165) is 30.6 Å². The maximum atomic E-state index is 14.2. The van der Waals surface area contributed by atoms with E-state index in [2.05, 4.69) is 10.3 Å². The van der Waals surface area contributed by atoms with Crippen molar-refractivity contribution < 1.29 is 22.0 Å². The Balaban J connectivity index is 0.00000196. The Morgan fingerprint density at radius 1 is 1.35 bits per heavy atom. The van der Waals surface area contributed by atoms with Crippen molar-refractivity contribution in [1.29, 1.82) is 0 Å². The second kappa shape index (κ2) is 6.24. The number of hydrogen-bond acceptors (Lipinski definition) is 4. The third kappa shape index (κ3) is 2.75. The van der Waals surface area contributed by atoms with Crippen LogP contribution in [0.3, 0.4) is 0 Å². The van der Waals surface area contributed by atoms with Gasteiger partial charge in [0.1, 0.15) is 16.8 Å². The SMILES string of the molecule is Cl.Cn1c(C(F)(F)F)nc2c(F)cc3c(=O)cc(C4CCNC4)oc3c21. The summed E-state index contributed by atoms with van der Waals surface area (Å²) in [5.74, 6) is -1.90. The average Bonchev–Trinajstić information content (AvgIpc) is 3.16. The summed E-state index contributed by atoms with van der Waals surface area (Å²) in [5, 5.41) is 3.03. The lowest BCUT2D eigenvalue weighted by molar-refractivity contribution is -0.146. The fourth-order valence-corrected chi connectivity index (χ4v) is 3.31. The predicted octanol–water partition coefficient (Wildman–Crippen LogP) is 3.34. The van der Waals surface area contributed by atoms with Gasteiger partial charge in [0.2, 0.25) is 5.82 Å². The Hall–Kier alpha value is -2.13. The number of benzene rings is 1. The predicted molar refractivity (Wildman–Crippen MR) is 89.2 cm³/mol. The maximum Gasteiger partial charge on any atom is 0.449 e. The third-order valence-electron chi connectivity index (χ3n) is 4.53. The van der Waals surface area contributed by atoms with E-state index in [-0.39, 0.29) is 34.8 Å². The highest BCUT2D eigenvalue weighted by atomic mass is 35.5. The molecule has 0 radical (unpaired) electrons. The van der Waals surface area contributed by atoms with Crippen LogP contribution in [0.2, 0.25) is 0 Å². The maximum absolute atomic E-state index is 14.2. The summed E-state index contributed by atoms with van der Waals surface area (Å²) in [7, 11) is 1.13. The lowest BCUT2D eigenvalue weighted by atomic mass is 10.0. The number of nitrogens with one attached hydrogen (secondary N) is 1. The molecule has 0 amide bonds. The summed E-state index contributed by atoms with van der Waals surface area (Å²) in [4.78, 5) is 15.7. The van der Waals surface area contributed by atoms with E-state index < -0.39 is 28.8 Å². The van der Waals surface area contributed by atoms with Crippen molar-refractivity contribution in [3.63, 3.8) is 0 Å². The zero-order valence-electron chi connectivity index (χ0n) is 13.5. The molecule has 10 heteroatoms. The van der Waals surface area contributed by atoms with Crippen LogP contribution in [-0.2, 0) is 13.2 Å². The number of rotatable bonds is 1. The number of nitrogens with zero attached hydrogens (tertiary/aromatic N) is 2. The van der Waals surface area contributed by atoms with Crippen molar-refractivity contribution in [3.05, 3.63) is 39.8 Å². The van der Waals surface area contributed by atoms with Gasteiger partial charge in [-0.15, -0.1) is 12.4 Å². The molecule has 0 spiro atoms. The van der Waals surface area contributed by atoms with E-state index >= 15 is 0 Å². The van der Waals surface area contributed by atoms with Crippen LogP contribution in [0.5, 0.6) is 0 Å². The van der Waals surface area contributed by atoms with Crippen LogP contribution in [0.1, 0.15) is 23.9 Å². The molecule has 4 rings (SSSR count). The molecule has 1 saturated heterocycles. The van der Waals surface area contributed by atoms with E-state index in [1.807, 2.05) is 0 Å². The fraction of sp³-hybridized carbons (Fsp3) is 0.375. The molecule has 0 saturated carbocycles. The van der Waals surface area contributed by atoms with Crippen molar-refractivity contribution in [1.82, 2.24) is 14.9 Å². The molecular formula is C16H14ClF4N3O2. The van der Waals surface area contributed by atoms with Crippen LogP contribution >= 0.6 is 12.4 Å². The molecule has 1 aromatic carbocycles. The van der Waals surface area contributed by atoms with Crippen LogP contribution in [0.25, 0.3) is 22.0 Å². The first-order valence-electron chi connectivity index (χ1n) is 7.68. The highest BCUT2D eigenvalue weighted by Crippen LogP contribution is 2.35. The van der Waals surface area contributed by atoms with Gasteiger partial charge in [-0.05, 0) is 19.0 Å². The Labute approximate surface area is 150 Å². The van der Waals surface area contributed by atoms with E-state index in [9.17, 15) is 22.4 Å². The number of alkyl halides is 3. The zero-order chi connectivity index (χ0) is 17.9. The van der Waals surface area contributed by atoms with Crippen LogP contribution < -0.4 is 10.7 Å². The Bertz CT molecular complexity index is 1050. The summed E-state index contributed by atoms with van der Waals surface area (Å²) in [6.07, 6.45) is -4.00. The second-order valence-corrected chi connectivity index (χ2v) is 6.13. The molecule has 1 N–H and O–H groups in total. The van der Waals surface area contributed by atoms with Crippen LogP contribution in [0.4, 0.5) is 17.6 Å².